The Labute approximate surface area is 415 Å². The van der Waals surface area contributed by atoms with Crippen LogP contribution in [0.25, 0.3) is 45.3 Å². The lowest BCUT2D eigenvalue weighted by Gasteiger charge is -2.43. The summed E-state index contributed by atoms with van der Waals surface area (Å²) in [6.45, 7) is 16.3. The average Bonchev–Trinajstić information content (AvgIpc) is 3.81. The Bertz CT molecular complexity index is 3360. The topological polar surface area (TPSA) is 52.7 Å². The molecule has 2 radical (unpaired) electrons. The van der Waals surface area contributed by atoms with Gasteiger partial charge in [-0.15, -0.1) is 0 Å². The van der Waals surface area contributed by atoms with E-state index < -0.39 is 0 Å². The van der Waals surface area contributed by atoms with E-state index in [0.717, 1.165) is 98.1 Å². The first kappa shape index (κ1) is 45.3. The molecule has 4 aliphatic carbocycles. The number of nitrogens with one attached hydrogen (secondary N) is 1. The molecule has 1 aliphatic heterocycles. The fraction of sp³-hybridized carbons (Fsp3) is 0.250. The van der Waals surface area contributed by atoms with Gasteiger partial charge in [-0.05, 0) is 141 Å². The molecular formula is C64H60BN3O2. The second-order valence-electron chi connectivity index (χ2n) is 21.7. The second-order valence-corrected chi connectivity index (χ2v) is 21.7. The molecule has 0 aromatic heterocycles. The highest BCUT2D eigenvalue weighted by Crippen LogP contribution is 2.55. The Morgan fingerprint density at radius 1 is 0.686 bits per heavy atom. The summed E-state index contributed by atoms with van der Waals surface area (Å²) in [5.41, 5.74) is 18.5. The third-order valence-corrected chi connectivity index (χ3v) is 15.9. The van der Waals surface area contributed by atoms with Gasteiger partial charge in [-0.3, -0.25) is 14.5 Å². The lowest BCUT2D eigenvalue weighted by atomic mass is 9.62. The predicted octanol–water partition coefficient (Wildman–Crippen LogP) is 14.9. The van der Waals surface area contributed by atoms with Crippen LogP contribution >= 0.6 is 0 Å². The van der Waals surface area contributed by atoms with E-state index in [0.29, 0.717) is 5.69 Å². The number of amides is 2. The van der Waals surface area contributed by atoms with Crippen molar-refractivity contribution in [2.45, 2.75) is 92.4 Å². The first-order valence-corrected chi connectivity index (χ1v) is 25.0. The van der Waals surface area contributed by atoms with E-state index in [4.69, 9.17) is 7.85 Å². The van der Waals surface area contributed by atoms with Crippen molar-refractivity contribution in [3.8, 4) is 11.1 Å². The molecule has 1 heterocycles. The van der Waals surface area contributed by atoms with Gasteiger partial charge in [0.25, 0.3) is 0 Å². The highest BCUT2D eigenvalue weighted by atomic mass is 16.2. The van der Waals surface area contributed by atoms with Crippen LogP contribution in [0.1, 0.15) is 113 Å². The largest absolute Gasteiger partial charge is 0.361 e. The van der Waals surface area contributed by atoms with E-state index in [9.17, 15) is 9.59 Å². The summed E-state index contributed by atoms with van der Waals surface area (Å²) in [4.78, 5) is 30.6. The summed E-state index contributed by atoms with van der Waals surface area (Å²) in [7, 11) is 7.85. The zero-order valence-corrected chi connectivity index (χ0v) is 41.5. The Morgan fingerprint density at radius 2 is 1.39 bits per heavy atom. The van der Waals surface area contributed by atoms with Crippen LogP contribution in [-0.2, 0) is 15.0 Å². The van der Waals surface area contributed by atoms with Crippen LogP contribution in [0.2, 0.25) is 0 Å². The molecule has 11 rings (SSSR count). The van der Waals surface area contributed by atoms with Crippen LogP contribution in [0, 0.1) is 17.8 Å². The molecule has 0 spiro atoms. The first-order chi connectivity index (χ1) is 33.6. The van der Waals surface area contributed by atoms with Gasteiger partial charge in [0.05, 0.1) is 17.1 Å². The van der Waals surface area contributed by atoms with Crippen molar-refractivity contribution in [2.24, 2.45) is 10.8 Å². The standard InChI is InChI=1S/C64H60BN3O2/c1-40-21-23-41(24-22-40)33-36-66-53-39-52-50(62(2,3)34-35-63(52,4)5)27-25-44-37-43-17-11-12-18-46(43)61(58(44)53)68(55-30-28-51-59(60(55)65)47-19-13-14-20-49(47)64(51,6)7)54-29-26-45(67-56(69)31-32-57(67)70)38-48(54)42-15-9-8-10-16-42/h8-12,14-18,20-30,33,36-39,66H,13,19,31-32,34-35H2,1-7H3/b27-25+,36-33?,44-25?,50-27?,52-39?,53-39?,58-53?. The minimum Gasteiger partial charge on any atom is -0.361 e. The number of anilines is 4. The maximum atomic E-state index is 13.4. The van der Waals surface area contributed by atoms with Crippen LogP contribution in [0.3, 0.4) is 0 Å². The number of fused-ring (bicyclic) bond motifs is 4. The Balaban J connectivity index is 1.26. The van der Waals surface area contributed by atoms with Crippen LogP contribution in [-0.4, -0.2) is 19.7 Å². The summed E-state index contributed by atoms with van der Waals surface area (Å²) in [5, 5.41) is 6.08. The zero-order chi connectivity index (χ0) is 48.7. The average molecular weight is 914 g/mol. The Hall–Kier alpha value is -7.18. The van der Waals surface area contributed by atoms with Gasteiger partial charge in [0.1, 0.15) is 7.85 Å². The lowest BCUT2D eigenvalue weighted by Crippen LogP contribution is -2.30. The number of imide groups is 1. The summed E-state index contributed by atoms with van der Waals surface area (Å²) in [6.07, 6.45) is 20.4. The molecule has 2 amide bonds. The van der Waals surface area contributed by atoms with Gasteiger partial charge in [0, 0.05) is 52.4 Å². The number of carbonyl (C=O) groups is 2. The molecule has 0 unspecified atom stereocenters. The van der Waals surface area contributed by atoms with Crippen molar-refractivity contribution < 1.29 is 9.59 Å². The van der Waals surface area contributed by atoms with Crippen molar-refractivity contribution in [3.05, 3.63) is 196 Å². The van der Waals surface area contributed by atoms with Gasteiger partial charge in [-0.1, -0.05) is 162 Å². The van der Waals surface area contributed by atoms with Crippen LogP contribution < -0.4 is 20.6 Å². The van der Waals surface area contributed by atoms with Crippen molar-refractivity contribution in [1.29, 1.82) is 0 Å². The van der Waals surface area contributed by atoms with Gasteiger partial charge in [0.15, 0.2) is 0 Å². The number of hydrogen-bond donors (Lipinski definition) is 1. The van der Waals surface area contributed by atoms with Crippen molar-refractivity contribution in [3.63, 3.8) is 0 Å². The second kappa shape index (κ2) is 17.0. The van der Waals surface area contributed by atoms with Gasteiger partial charge in [-0.25, -0.2) is 0 Å². The van der Waals surface area contributed by atoms with Crippen LogP contribution in [0.5, 0.6) is 0 Å². The van der Waals surface area contributed by atoms with E-state index in [1.54, 1.807) is 0 Å². The summed E-state index contributed by atoms with van der Waals surface area (Å²) < 4.78 is 0. The maximum Gasteiger partial charge on any atom is 0.234 e. The highest BCUT2D eigenvalue weighted by molar-refractivity contribution is 6.39. The number of hydrogen-bond acceptors (Lipinski definition) is 4. The predicted molar refractivity (Wildman–Crippen MR) is 294 cm³/mol. The molecule has 6 heteroatoms. The highest BCUT2D eigenvalue weighted by Gasteiger charge is 2.41. The molecule has 1 saturated heterocycles. The van der Waals surface area contributed by atoms with E-state index in [2.05, 4.69) is 186 Å². The van der Waals surface area contributed by atoms with Crippen LogP contribution in [0.4, 0.5) is 22.7 Å². The molecule has 0 saturated carbocycles. The zero-order valence-electron chi connectivity index (χ0n) is 41.5. The number of aryl methyl sites for hydroxylation is 1. The van der Waals surface area contributed by atoms with Crippen LogP contribution in [0.15, 0.2) is 162 Å². The van der Waals surface area contributed by atoms with E-state index in [-0.39, 0.29) is 40.9 Å². The molecule has 70 heavy (non-hydrogen) atoms. The quantitative estimate of drug-likeness (QED) is 0.122. The van der Waals surface area contributed by atoms with E-state index in [1.807, 2.05) is 30.3 Å². The number of nitrogens with zero attached hydrogens (tertiary/aromatic N) is 2. The van der Waals surface area contributed by atoms with Crippen molar-refractivity contribution in [1.82, 2.24) is 5.32 Å². The molecule has 6 aromatic rings. The summed E-state index contributed by atoms with van der Waals surface area (Å²) in [5.74, 6) is -0.372. The molecule has 0 bridgehead atoms. The Morgan fingerprint density at radius 3 is 2.14 bits per heavy atom. The molecule has 5 aliphatic rings. The minimum absolute atomic E-state index is 0.0388. The molecular weight excluding hydrogens is 854 g/mol. The monoisotopic (exact) mass is 913 g/mol. The van der Waals surface area contributed by atoms with Gasteiger partial charge in [0.2, 0.25) is 11.8 Å². The SMILES string of the molecule is [B]c1c(N(c2ccc(N3C(=O)CCC3=O)cc2-c2ccccc2)c2c3c(cc4ccccc24)/C=C/C2=C(C=C3NC=Cc3ccc(C)cc3)C(C)(C)CCC2(C)C)ccc2c1C1=C(C=CCC1)C2(C)C. The van der Waals surface area contributed by atoms with Crippen molar-refractivity contribution >= 4 is 82.1 Å². The lowest BCUT2D eigenvalue weighted by molar-refractivity contribution is -0.121. The minimum atomic E-state index is -0.222. The number of allylic oxidation sites excluding steroid dienone is 8. The fourth-order valence-electron chi connectivity index (χ4n) is 11.9. The third kappa shape index (κ3) is 7.55. The maximum absolute atomic E-state index is 13.4. The molecule has 5 nitrogen and oxygen atoms in total. The van der Waals surface area contributed by atoms with Gasteiger partial charge in [-0.2, -0.15) is 0 Å². The molecule has 1 fully saturated rings. The van der Waals surface area contributed by atoms with Crippen molar-refractivity contribution in [2.75, 3.05) is 9.80 Å². The third-order valence-electron chi connectivity index (χ3n) is 15.9. The molecule has 1 N–H and O–H groups in total. The summed E-state index contributed by atoms with van der Waals surface area (Å²) >= 11 is 0. The smallest absolute Gasteiger partial charge is 0.234 e. The number of carbonyl (C=O) groups excluding carboxylic acids is 2. The number of rotatable bonds is 8. The molecule has 346 valence electrons. The van der Waals surface area contributed by atoms with Gasteiger partial charge < -0.3 is 10.2 Å². The fourth-order valence-corrected chi connectivity index (χ4v) is 11.9. The van der Waals surface area contributed by atoms with Gasteiger partial charge >= 0.3 is 0 Å². The first-order valence-electron chi connectivity index (χ1n) is 25.0. The number of benzene rings is 6. The van der Waals surface area contributed by atoms with E-state index in [1.165, 1.54) is 38.3 Å². The molecule has 0 atom stereocenters. The van der Waals surface area contributed by atoms with E-state index >= 15 is 0 Å². The summed E-state index contributed by atoms with van der Waals surface area (Å²) in [6, 6.07) is 40.5. The molecule has 6 aromatic carbocycles. The Kier molecular flexibility index (Phi) is 11.0. The normalized spacial score (nSPS) is 19.1.